The molecule has 0 atom stereocenters. The zero-order valence-corrected chi connectivity index (χ0v) is 12.3. The molecular formula is C16H11F5O3. The third kappa shape index (κ3) is 4.21. The van der Waals surface area contributed by atoms with Crippen molar-refractivity contribution in [2.24, 2.45) is 0 Å². The van der Waals surface area contributed by atoms with Crippen molar-refractivity contribution in [3.05, 3.63) is 53.6 Å². The van der Waals surface area contributed by atoms with Gasteiger partial charge < -0.3 is 9.47 Å². The van der Waals surface area contributed by atoms with Crippen LogP contribution in [0.25, 0.3) is 11.1 Å². The van der Waals surface area contributed by atoms with Crippen molar-refractivity contribution in [2.75, 3.05) is 6.61 Å². The molecule has 0 fully saturated rings. The summed E-state index contributed by atoms with van der Waals surface area (Å²) in [5.74, 6) is -3.85. The minimum absolute atomic E-state index is 0.0415. The summed E-state index contributed by atoms with van der Waals surface area (Å²) in [6.07, 6.45) is -4.83. The summed E-state index contributed by atoms with van der Waals surface area (Å²) in [6.45, 7) is 1.45. The van der Waals surface area contributed by atoms with Crippen LogP contribution in [0.3, 0.4) is 0 Å². The first-order chi connectivity index (χ1) is 11.2. The molecule has 0 N–H and O–H groups in total. The molecule has 0 spiro atoms. The summed E-state index contributed by atoms with van der Waals surface area (Å²) in [5.41, 5.74) is -0.521. The fourth-order valence-electron chi connectivity index (χ4n) is 1.99. The first kappa shape index (κ1) is 17.7. The number of esters is 1. The van der Waals surface area contributed by atoms with E-state index >= 15 is 0 Å². The van der Waals surface area contributed by atoms with Crippen LogP contribution in [-0.2, 0) is 4.74 Å². The molecule has 8 heteroatoms. The zero-order valence-electron chi connectivity index (χ0n) is 12.3. The van der Waals surface area contributed by atoms with Gasteiger partial charge in [-0.3, -0.25) is 0 Å². The van der Waals surface area contributed by atoms with Gasteiger partial charge in [-0.05, 0) is 42.3 Å². The zero-order chi connectivity index (χ0) is 17.9. The standard InChI is InChI=1S/C16H11F5O3/c1-2-23-15(22)14-12(17)7-10(8-13(14)18)9-3-5-11(6-4-9)24-16(19,20)21/h3-8H,2H2,1H3. The van der Waals surface area contributed by atoms with E-state index in [9.17, 15) is 26.7 Å². The highest BCUT2D eigenvalue weighted by Gasteiger charge is 2.31. The number of carbonyl (C=O) groups is 1. The third-order valence-electron chi connectivity index (χ3n) is 2.94. The van der Waals surface area contributed by atoms with Crippen LogP contribution in [0.4, 0.5) is 22.0 Å². The fourth-order valence-corrected chi connectivity index (χ4v) is 1.99. The van der Waals surface area contributed by atoms with Crippen molar-refractivity contribution in [1.29, 1.82) is 0 Å². The first-order valence-corrected chi connectivity index (χ1v) is 6.73. The topological polar surface area (TPSA) is 35.5 Å². The van der Waals surface area contributed by atoms with Crippen LogP contribution < -0.4 is 4.74 Å². The highest BCUT2D eigenvalue weighted by Crippen LogP contribution is 2.28. The Bertz CT molecular complexity index is 715. The molecule has 0 aliphatic rings. The molecule has 0 amide bonds. The molecule has 0 radical (unpaired) electrons. The highest BCUT2D eigenvalue weighted by molar-refractivity contribution is 5.90. The van der Waals surface area contributed by atoms with Gasteiger partial charge in [0.05, 0.1) is 6.61 Å². The van der Waals surface area contributed by atoms with E-state index in [-0.39, 0.29) is 17.7 Å². The van der Waals surface area contributed by atoms with Gasteiger partial charge in [-0.25, -0.2) is 13.6 Å². The van der Waals surface area contributed by atoms with Gasteiger partial charge in [0.2, 0.25) is 0 Å². The van der Waals surface area contributed by atoms with Gasteiger partial charge in [0.1, 0.15) is 22.9 Å². The molecule has 0 saturated heterocycles. The second-order valence-corrected chi connectivity index (χ2v) is 4.61. The van der Waals surface area contributed by atoms with Crippen LogP contribution in [0.2, 0.25) is 0 Å². The largest absolute Gasteiger partial charge is 0.573 e. The Morgan fingerprint density at radius 3 is 2.00 bits per heavy atom. The van der Waals surface area contributed by atoms with Gasteiger partial charge in [0.25, 0.3) is 0 Å². The van der Waals surface area contributed by atoms with Gasteiger partial charge in [-0.1, -0.05) is 12.1 Å². The van der Waals surface area contributed by atoms with Crippen molar-refractivity contribution >= 4 is 5.97 Å². The van der Waals surface area contributed by atoms with Crippen molar-refractivity contribution in [1.82, 2.24) is 0 Å². The van der Waals surface area contributed by atoms with Crippen molar-refractivity contribution in [3.8, 4) is 16.9 Å². The number of hydrogen-bond donors (Lipinski definition) is 0. The van der Waals surface area contributed by atoms with Gasteiger partial charge >= 0.3 is 12.3 Å². The molecule has 2 aromatic carbocycles. The Morgan fingerprint density at radius 2 is 1.54 bits per heavy atom. The van der Waals surface area contributed by atoms with Crippen molar-refractivity contribution in [3.63, 3.8) is 0 Å². The lowest BCUT2D eigenvalue weighted by Gasteiger charge is -2.10. The molecular weight excluding hydrogens is 335 g/mol. The molecule has 128 valence electrons. The van der Waals surface area contributed by atoms with Gasteiger partial charge in [-0.15, -0.1) is 13.2 Å². The lowest BCUT2D eigenvalue weighted by molar-refractivity contribution is -0.274. The normalized spacial score (nSPS) is 11.2. The minimum Gasteiger partial charge on any atom is -0.462 e. The number of alkyl halides is 3. The molecule has 2 rings (SSSR count). The molecule has 0 bridgehead atoms. The van der Waals surface area contributed by atoms with Crippen LogP contribution in [0.15, 0.2) is 36.4 Å². The van der Waals surface area contributed by atoms with Crippen LogP contribution in [0.1, 0.15) is 17.3 Å². The summed E-state index contributed by atoms with van der Waals surface area (Å²) < 4.78 is 72.4. The second kappa shape index (κ2) is 6.86. The molecule has 0 unspecified atom stereocenters. The third-order valence-corrected chi connectivity index (χ3v) is 2.94. The fraction of sp³-hybridized carbons (Fsp3) is 0.188. The van der Waals surface area contributed by atoms with Gasteiger partial charge in [-0.2, -0.15) is 0 Å². The van der Waals surface area contributed by atoms with E-state index in [4.69, 9.17) is 0 Å². The number of halogens is 5. The lowest BCUT2D eigenvalue weighted by Crippen LogP contribution is -2.16. The monoisotopic (exact) mass is 346 g/mol. The van der Waals surface area contributed by atoms with Crippen LogP contribution in [-0.4, -0.2) is 18.9 Å². The summed E-state index contributed by atoms with van der Waals surface area (Å²) in [5, 5.41) is 0. The molecule has 0 saturated carbocycles. The predicted octanol–water partition coefficient (Wildman–Crippen LogP) is 4.71. The maximum absolute atomic E-state index is 14.0. The van der Waals surface area contributed by atoms with E-state index in [2.05, 4.69) is 9.47 Å². The summed E-state index contributed by atoms with van der Waals surface area (Å²) in [4.78, 5) is 11.5. The van der Waals surface area contributed by atoms with Crippen LogP contribution in [0.5, 0.6) is 5.75 Å². The number of carbonyl (C=O) groups excluding carboxylic acids is 1. The molecule has 2 aromatic rings. The summed E-state index contributed by atoms with van der Waals surface area (Å²) >= 11 is 0. The van der Waals surface area contributed by atoms with Crippen LogP contribution in [0, 0.1) is 11.6 Å². The average molecular weight is 346 g/mol. The van der Waals surface area contributed by atoms with E-state index in [0.717, 1.165) is 24.3 Å². The molecule has 0 aliphatic heterocycles. The molecule has 0 heterocycles. The van der Waals surface area contributed by atoms with Crippen molar-refractivity contribution < 1.29 is 36.2 Å². The summed E-state index contributed by atoms with van der Waals surface area (Å²) in [6, 6.07) is 6.23. The predicted molar refractivity (Wildman–Crippen MR) is 74.4 cm³/mol. The quantitative estimate of drug-likeness (QED) is 0.594. The maximum Gasteiger partial charge on any atom is 0.573 e. The minimum atomic E-state index is -4.83. The molecule has 0 aliphatic carbocycles. The Balaban J connectivity index is 2.31. The van der Waals surface area contributed by atoms with Crippen LogP contribution >= 0.6 is 0 Å². The molecule has 24 heavy (non-hydrogen) atoms. The molecule has 3 nitrogen and oxygen atoms in total. The van der Waals surface area contributed by atoms with Gasteiger partial charge in [0, 0.05) is 0 Å². The summed E-state index contributed by atoms with van der Waals surface area (Å²) in [7, 11) is 0. The Labute approximate surface area is 133 Å². The SMILES string of the molecule is CCOC(=O)c1c(F)cc(-c2ccc(OC(F)(F)F)cc2)cc1F. The number of hydrogen-bond acceptors (Lipinski definition) is 3. The Hall–Kier alpha value is -2.64. The van der Waals surface area contributed by atoms with E-state index < -0.39 is 35.3 Å². The van der Waals surface area contributed by atoms with E-state index in [0.29, 0.717) is 0 Å². The Morgan fingerprint density at radius 1 is 1.00 bits per heavy atom. The van der Waals surface area contributed by atoms with E-state index in [1.54, 1.807) is 0 Å². The van der Waals surface area contributed by atoms with E-state index in [1.165, 1.54) is 19.1 Å². The first-order valence-electron chi connectivity index (χ1n) is 6.73. The number of rotatable bonds is 4. The number of ether oxygens (including phenoxy) is 2. The number of benzene rings is 2. The second-order valence-electron chi connectivity index (χ2n) is 4.61. The van der Waals surface area contributed by atoms with Crippen molar-refractivity contribution in [2.45, 2.75) is 13.3 Å². The van der Waals surface area contributed by atoms with E-state index in [1.807, 2.05) is 0 Å². The Kier molecular flexibility index (Phi) is 5.06. The average Bonchev–Trinajstić information content (AvgIpc) is 2.45. The smallest absolute Gasteiger partial charge is 0.462 e. The highest BCUT2D eigenvalue weighted by atomic mass is 19.4. The molecule has 0 aromatic heterocycles. The maximum atomic E-state index is 14.0. The lowest BCUT2D eigenvalue weighted by atomic mass is 10.0. The van der Waals surface area contributed by atoms with Gasteiger partial charge in [0.15, 0.2) is 0 Å².